The highest BCUT2D eigenvalue weighted by Crippen LogP contribution is 2.32. The molecule has 0 aromatic rings. The number of piperidine rings is 1. The Hall–Kier alpha value is -0.610. The predicted molar refractivity (Wildman–Crippen MR) is 68.9 cm³/mol. The molecule has 1 saturated heterocycles. The average Bonchev–Trinajstić information content (AvgIpc) is 2.31. The molecule has 1 aliphatic rings. The second kappa shape index (κ2) is 5.83. The maximum absolute atomic E-state index is 11.9. The monoisotopic (exact) mass is 242 g/mol. The van der Waals surface area contributed by atoms with Gasteiger partial charge in [-0.05, 0) is 59.8 Å². The van der Waals surface area contributed by atoms with Crippen molar-refractivity contribution in [3.05, 3.63) is 0 Å². The Balaban J connectivity index is 2.73. The fraction of sp³-hybridized carbons (Fsp3) is 0.923. The Morgan fingerprint density at radius 2 is 1.94 bits per heavy atom. The molecule has 0 amide bonds. The fourth-order valence-corrected chi connectivity index (χ4v) is 2.94. The molecular weight excluding hydrogens is 216 g/mol. The predicted octanol–water partition coefficient (Wildman–Crippen LogP) is 1.12. The van der Waals surface area contributed by atoms with Gasteiger partial charge in [-0.15, -0.1) is 0 Å². The zero-order valence-corrected chi connectivity index (χ0v) is 11.7. The van der Waals surface area contributed by atoms with Crippen LogP contribution in [0.15, 0.2) is 0 Å². The van der Waals surface area contributed by atoms with Gasteiger partial charge in [0.25, 0.3) is 0 Å². The molecule has 0 aliphatic carbocycles. The van der Waals surface area contributed by atoms with Crippen LogP contribution in [-0.2, 0) is 9.53 Å². The smallest absolute Gasteiger partial charge is 0.312 e. The topological polar surface area (TPSA) is 41.6 Å². The SMILES string of the molecule is CNC(C1CCN(C)CC1)C(C)(C)C(=O)OC. The molecule has 100 valence electrons. The van der Waals surface area contributed by atoms with Crippen molar-refractivity contribution in [2.45, 2.75) is 32.7 Å². The number of ether oxygens (including phenoxy) is 1. The van der Waals surface area contributed by atoms with Crippen molar-refractivity contribution in [3.63, 3.8) is 0 Å². The number of hydrogen-bond donors (Lipinski definition) is 1. The number of esters is 1. The van der Waals surface area contributed by atoms with Crippen LogP contribution in [0, 0.1) is 11.3 Å². The molecule has 0 radical (unpaired) electrons. The molecule has 4 heteroatoms. The lowest BCUT2D eigenvalue weighted by Crippen LogP contribution is -2.52. The third kappa shape index (κ3) is 3.19. The number of rotatable bonds is 4. The molecule has 17 heavy (non-hydrogen) atoms. The minimum absolute atomic E-state index is 0.129. The van der Waals surface area contributed by atoms with E-state index < -0.39 is 5.41 Å². The molecule has 0 aromatic carbocycles. The van der Waals surface area contributed by atoms with Crippen LogP contribution >= 0.6 is 0 Å². The molecule has 0 bridgehead atoms. The van der Waals surface area contributed by atoms with E-state index in [-0.39, 0.29) is 12.0 Å². The quantitative estimate of drug-likeness (QED) is 0.750. The van der Waals surface area contributed by atoms with E-state index in [4.69, 9.17) is 4.74 Å². The van der Waals surface area contributed by atoms with E-state index >= 15 is 0 Å². The summed E-state index contributed by atoms with van der Waals surface area (Å²) in [5.41, 5.74) is -0.468. The fourth-order valence-electron chi connectivity index (χ4n) is 2.94. The van der Waals surface area contributed by atoms with Gasteiger partial charge in [0.2, 0.25) is 0 Å². The van der Waals surface area contributed by atoms with Gasteiger partial charge in [-0.2, -0.15) is 0 Å². The van der Waals surface area contributed by atoms with Crippen LogP contribution in [-0.4, -0.2) is 51.2 Å². The Bertz CT molecular complexity index is 258. The van der Waals surface area contributed by atoms with Gasteiger partial charge < -0.3 is 15.0 Å². The van der Waals surface area contributed by atoms with E-state index in [2.05, 4.69) is 17.3 Å². The number of carbonyl (C=O) groups is 1. The molecule has 0 spiro atoms. The zero-order chi connectivity index (χ0) is 13.1. The van der Waals surface area contributed by atoms with E-state index in [0.29, 0.717) is 5.92 Å². The van der Waals surface area contributed by atoms with Crippen LogP contribution in [0.25, 0.3) is 0 Å². The first-order valence-corrected chi connectivity index (χ1v) is 6.37. The summed E-state index contributed by atoms with van der Waals surface area (Å²) in [6.07, 6.45) is 2.28. The molecule has 1 unspecified atom stereocenters. The average molecular weight is 242 g/mol. The van der Waals surface area contributed by atoms with Gasteiger partial charge in [-0.1, -0.05) is 0 Å². The molecule has 0 aromatic heterocycles. The number of nitrogens with one attached hydrogen (secondary N) is 1. The summed E-state index contributed by atoms with van der Waals surface area (Å²) >= 11 is 0. The molecule has 0 saturated carbocycles. The van der Waals surface area contributed by atoms with Gasteiger partial charge in [0.15, 0.2) is 0 Å². The number of carbonyl (C=O) groups excluding carboxylic acids is 1. The Kier molecular flexibility index (Phi) is 4.95. The van der Waals surface area contributed by atoms with Crippen LogP contribution in [0.4, 0.5) is 0 Å². The lowest BCUT2D eigenvalue weighted by atomic mass is 9.74. The van der Waals surface area contributed by atoms with Gasteiger partial charge in [0.05, 0.1) is 12.5 Å². The van der Waals surface area contributed by atoms with Crippen molar-refractivity contribution in [2.24, 2.45) is 11.3 Å². The number of methoxy groups -OCH3 is 1. The Morgan fingerprint density at radius 1 is 1.41 bits per heavy atom. The minimum Gasteiger partial charge on any atom is -0.469 e. The third-order valence-corrected chi connectivity index (χ3v) is 4.03. The number of likely N-dealkylation sites (tertiary alicyclic amines) is 1. The molecule has 1 N–H and O–H groups in total. The van der Waals surface area contributed by atoms with E-state index in [0.717, 1.165) is 25.9 Å². The summed E-state index contributed by atoms with van der Waals surface area (Å²) in [6, 6.07) is 0.184. The maximum Gasteiger partial charge on any atom is 0.312 e. The standard InChI is InChI=1S/C13H26N2O2/c1-13(2,12(16)17-5)11(14-3)10-6-8-15(4)9-7-10/h10-11,14H,6-9H2,1-5H3. The second-order valence-corrected chi connectivity index (χ2v) is 5.62. The molecule has 1 fully saturated rings. The van der Waals surface area contributed by atoms with Crippen molar-refractivity contribution in [2.75, 3.05) is 34.3 Å². The highest BCUT2D eigenvalue weighted by Gasteiger charge is 2.41. The normalized spacial score (nSPS) is 21.2. The van der Waals surface area contributed by atoms with Crippen molar-refractivity contribution in [3.8, 4) is 0 Å². The summed E-state index contributed by atoms with van der Waals surface area (Å²) in [4.78, 5) is 14.2. The second-order valence-electron chi connectivity index (χ2n) is 5.62. The van der Waals surface area contributed by atoms with Crippen molar-refractivity contribution in [1.82, 2.24) is 10.2 Å². The van der Waals surface area contributed by atoms with Crippen molar-refractivity contribution in [1.29, 1.82) is 0 Å². The minimum atomic E-state index is -0.468. The van der Waals surface area contributed by atoms with Crippen LogP contribution in [0.1, 0.15) is 26.7 Å². The summed E-state index contributed by atoms with van der Waals surface area (Å²) in [7, 11) is 5.55. The largest absolute Gasteiger partial charge is 0.469 e. The molecule has 1 heterocycles. The molecule has 1 rings (SSSR count). The summed E-state index contributed by atoms with van der Waals surface area (Å²) < 4.78 is 4.92. The maximum atomic E-state index is 11.9. The van der Waals surface area contributed by atoms with Crippen LogP contribution in [0.2, 0.25) is 0 Å². The zero-order valence-electron chi connectivity index (χ0n) is 11.7. The van der Waals surface area contributed by atoms with Crippen LogP contribution in [0.3, 0.4) is 0 Å². The highest BCUT2D eigenvalue weighted by atomic mass is 16.5. The number of nitrogens with zero attached hydrogens (tertiary/aromatic N) is 1. The molecule has 1 aliphatic heterocycles. The first-order valence-electron chi connectivity index (χ1n) is 6.37. The van der Waals surface area contributed by atoms with E-state index in [1.54, 1.807) is 0 Å². The van der Waals surface area contributed by atoms with Crippen LogP contribution in [0.5, 0.6) is 0 Å². The molecule has 4 nitrogen and oxygen atoms in total. The Morgan fingerprint density at radius 3 is 2.35 bits per heavy atom. The highest BCUT2D eigenvalue weighted by molar-refractivity contribution is 5.76. The third-order valence-electron chi connectivity index (χ3n) is 4.03. The van der Waals surface area contributed by atoms with Gasteiger partial charge in [0.1, 0.15) is 0 Å². The van der Waals surface area contributed by atoms with Crippen molar-refractivity contribution >= 4 is 5.97 Å². The van der Waals surface area contributed by atoms with E-state index in [9.17, 15) is 4.79 Å². The van der Waals surface area contributed by atoms with E-state index in [1.807, 2.05) is 20.9 Å². The van der Waals surface area contributed by atoms with Gasteiger partial charge in [-0.25, -0.2) is 0 Å². The van der Waals surface area contributed by atoms with Gasteiger partial charge in [0, 0.05) is 6.04 Å². The van der Waals surface area contributed by atoms with Crippen LogP contribution < -0.4 is 5.32 Å². The summed E-state index contributed by atoms with van der Waals surface area (Å²) in [5, 5.41) is 3.32. The van der Waals surface area contributed by atoms with E-state index in [1.165, 1.54) is 7.11 Å². The van der Waals surface area contributed by atoms with Gasteiger partial charge >= 0.3 is 5.97 Å². The van der Waals surface area contributed by atoms with Crippen molar-refractivity contribution < 1.29 is 9.53 Å². The summed E-state index contributed by atoms with van der Waals surface area (Å²) in [6.45, 7) is 6.16. The van der Waals surface area contributed by atoms with Gasteiger partial charge in [-0.3, -0.25) is 4.79 Å². The lowest BCUT2D eigenvalue weighted by Gasteiger charge is -2.40. The lowest BCUT2D eigenvalue weighted by molar-refractivity contribution is -0.153. The molecular formula is C13H26N2O2. The number of hydrogen-bond acceptors (Lipinski definition) is 4. The Labute approximate surface area is 105 Å². The first kappa shape index (κ1) is 14.5. The molecule has 1 atom stereocenters. The summed E-state index contributed by atoms with van der Waals surface area (Å²) in [5.74, 6) is 0.418. The first-order chi connectivity index (χ1) is 7.93.